The van der Waals surface area contributed by atoms with E-state index in [1.165, 1.54) is 37.7 Å². The monoisotopic (exact) mass is 223 g/mol. The van der Waals surface area contributed by atoms with Crippen molar-refractivity contribution in [3.8, 4) is 0 Å². The molecular weight excluding hydrogens is 198 g/mol. The number of nitrogens with two attached hydrogens (primary N) is 1. The van der Waals surface area contributed by atoms with Gasteiger partial charge in [0, 0.05) is 6.04 Å². The van der Waals surface area contributed by atoms with E-state index in [0.717, 1.165) is 12.8 Å². The zero-order chi connectivity index (χ0) is 11.6. The van der Waals surface area contributed by atoms with Crippen LogP contribution in [0.2, 0.25) is 0 Å². The lowest BCUT2D eigenvalue weighted by atomic mass is 10.00. The average Bonchev–Trinajstić information content (AvgIpc) is 2.41. The quantitative estimate of drug-likeness (QED) is 0.730. The number of rotatable bonds is 2. The van der Waals surface area contributed by atoms with E-state index in [9.17, 15) is 0 Å². The van der Waals surface area contributed by atoms with E-state index in [1.807, 2.05) is 0 Å². The Morgan fingerprint density at radius 1 is 1.38 bits per heavy atom. The molecule has 0 amide bonds. The van der Waals surface area contributed by atoms with Crippen molar-refractivity contribution in [3.05, 3.63) is 11.6 Å². The second-order valence-corrected chi connectivity index (χ2v) is 5.98. The molecule has 0 bridgehead atoms. The fourth-order valence-electron chi connectivity index (χ4n) is 2.89. The highest BCUT2D eigenvalue weighted by Crippen LogP contribution is 2.33. The molecule has 0 spiro atoms. The Morgan fingerprint density at radius 2 is 2.19 bits per heavy atom. The highest BCUT2D eigenvalue weighted by atomic mass is 16.5. The fourth-order valence-corrected chi connectivity index (χ4v) is 2.89. The van der Waals surface area contributed by atoms with Crippen LogP contribution in [0.1, 0.15) is 58.8 Å². The predicted molar refractivity (Wildman–Crippen MR) is 67.3 cm³/mol. The molecule has 1 aliphatic carbocycles. The summed E-state index contributed by atoms with van der Waals surface area (Å²) < 4.78 is 6.05. The zero-order valence-corrected chi connectivity index (χ0v) is 10.7. The van der Waals surface area contributed by atoms with Gasteiger partial charge in [0.1, 0.15) is 0 Å². The summed E-state index contributed by atoms with van der Waals surface area (Å²) in [4.78, 5) is 0. The van der Waals surface area contributed by atoms with E-state index in [0.29, 0.717) is 6.10 Å². The topological polar surface area (TPSA) is 35.2 Å². The minimum Gasteiger partial charge on any atom is -0.372 e. The predicted octanol–water partition coefficient (Wildman–Crippen LogP) is 3.16. The third kappa shape index (κ3) is 3.33. The maximum Gasteiger partial charge on any atom is 0.0631 e. The smallest absolute Gasteiger partial charge is 0.0631 e. The van der Waals surface area contributed by atoms with Crippen LogP contribution in [-0.4, -0.2) is 17.7 Å². The number of ether oxygens (including phenoxy) is 1. The van der Waals surface area contributed by atoms with Crippen LogP contribution in [0.4, 0.5) is 0 Å². The van der Waals surface area contributed by atoms with Crippen molar-refractivity contribution in [2.45, 2.75) is 76.5 Å². The first kappa shape index (κ1) is 12.1. The van der Waals surface area contributed by atoms with Gasteiger partial charge < -0.3 is 10.5 Å². The molecule has 1 fully saturated rings. The van der Waals surface area contributed by atoms with E-state index >= 15 is 0 Å². The standard InChI is InChI=1S/C14H25NO/c1-14(2)8-7-13(16-14)10-11-5-3-4-6-12(15)9-11/h9,12-13H,3-8,10,15H2,1-2H3. The molecule has 2 rings (SSSR count). The van der Waals surface area contributed by atoms with E-state index in [1.54, 1.807) is 0 Å². The second-order valence-electron chi connectivity index (χ2n) is 5.98. The molecule has 0 aromatic heterocycles. The maximum atomic E-state index is 6.05. The van der Waals surface area contributed by atoms with Crippen molar-refractivity contribution >= 4 is 0 Å². The molecule has 2 atom stereocenters. The van der Waals surface area contributed by atoms with E-state index in [2.05, 4.69) is 19.9 Å². The molecule has 0 radical (unpaired) electrons. The van der Waals surface area contributed by atoms with Gasteiger partial charge in [-0.2, -0.15) is 0 Å². The summed E-state index contributed by atoms with van der Waals surface area (Å²) in [5, 5.41) is 0. The molecule has 2 aliphatic rings. The highest BCUT2D eigenvalue weighted by molar-refractivity contribution is 5.10. The van der Waals surface area contributed by atoms with Crippen LogP contribution in [0.25, 0.3) is 0 Å². The van der Waals surface area contributed by atoms with Gasteiger partial charge >= 0.3 is 0 Å². The summed E-state index contributed by atoms with van der Waals surface area (Å²) in [6, 6.07) is 0.284. The average molecular weight is 223 g/mol. The Balaban J connectivity index is 1.89. The molecule has 16 heavy (non-hydrogen) atoms. The first-order valence-electron chi connectivity index (χ1n) is 6.68. The molecule has 0 saturated carbocycles. The van der Waals surface area contributed by atoms with Gasteiger partial charge in [-0.25, -0.2) is 0 Å². The van der Waals surface area contributed by atoms with Crippen LogP contribution in [0, 0.1) is 0 Å². The maximum absolute atomic E-state index is 6.05. The van der Waals surface area contributed by atoms with Gasteiger partial charge in [0.05, 0.1) is 11.7 Å². The Labute approximate surface area is 99.2 Å². The molecule has 2 N–H and O–H groups in total. The molecule has 0 aromatic rings. The van der Waals surface area contributed by atoms with Crippen molar-refractivity contribution in [1.82, 2.24) is 0 Å². The Hall–Kier alpha value is -0.340. The Morgan fingerprint density at radius 3 is 2.88 bits per heavy atom. The second kappa shape index (κ2) is 4.89. The Kier molecular flexibility index (Phi) is 3.70. The van der Waals surface area contributed by atoms with Crippen molar-refractivity contribution in [2.75, 3.05) is 0 Å². The van der Waals surface area contributed by atoms with E-state index in [-0.39, 0.29) is 11.6 Å². The van der Waals surface area contributed by atoms with Gasteiger partial charge in [0.25, 0.3) is 0 Å². The lowest BCUT2D eigenvalue weighted by molar-refractivity contribution is -0.0147. The Bertz CT molecular complexity index is 270. The lowest BCUT2D eigenvalue weighted by Crippen LogP contribution is -2.20. The third-order valence-electron chi connectivity index (χ3n) is 3.78. The third-order valence-corrected chi connectivity index (χ3v) is 3.78. The molecule has 1 heterocycles. The first-order chi connectivity index (χ1) is 7.55. The van der Waals surface area contributed by atoms with Crippen molar-refractivity contribution in [1.29, 1.82) is 0 Å². The van der Waals surface area contributed by atoms with Gasteiger partial charge in [0.15, 0.2) is 0 Å². The summed E-state index contributed by atoms with van der Waals surface area (Å²) >= 11 is 0. The van der Waals surface area contributed by atoms with Crippen LogP contribution >= 0.6 is 0 Å². The number of hydrogen-bond acceptors (Lipinski definition) is 2. The van der Waals surface area contributed by atoms with Gasteiger partial charge in [-0.15, -0.1) is 0 Å². The molecule has 1 aliphatic heterocycles. The summed E-state index contributed by atoms with van der Waals surface area (Å²) in [5.74, 6) is 0. The van der Waals surface area contributed by atoms with Gasteiger partial charge in [-0.1, -0.05) is 18.1 Å². The molecule has 2 heteroatoms. The SMILES string of the molecule is CC1(C)CCC(CC2=CC(N)CCCC2)O1. The lowest BCUT2D eigenvalue weighted by Gasteiger charge is -2.20. The van der Waals surface area contributed by atoms with Crippen LogP contribution in [0.5, 0.6) is 0 Å². The van der Waals surface area contributed by atoms with Crippen LogP contribution in [0.3, 0.4) is 0 Å². The minimum absolute atomic E-state index is 0.0953. The van der Waals surface area contributed by atoms with Crippen molar-refractivity contribution in [3.63, 3.8) is 0 Å². The minimum atomic E-state index is 0.0953. The van der Waals surface area contributed by atoms with E-state index < -0.39 is 0 Å². The van der Waals surface area contributed by atoms with Gasteiger partial charge in [0.2, 0.25) is 0 Å². The molecule has 1 saturated heterocycles. The van der Waals surface area contributed by atoms with Crippen molar-refractivity contribution < 1.29 is 4.74 Å². The summed E-state index contributed by atoms with van der Waals surface area (Å²) in [7, 11) is 0. The normalized spacial score (nSPS) is 34.6. The molecule has 0 aromatic carbocycles. The summed E-state index contributed by atoms with van der Waals surface area (Å²) in [6.45, 7) is 4.39. The van der Waals surface area contributed by atoms with E-state index in [4.69, 9.17) is 10.5 Å². The fraction of sp³-hybridized carbons (Fsp3) is 0.857. The molecule has 2 nitrogen and oxygen atoms in total. The number of hydrogen-bond donors (Lipinski definition) is 1. The highest BCUT2D eigenvalue weighted by Gasteiger charge is 2.31. The van der Waals surface area contributed by atoms with Crippen LogP contribution < -0.4 is 5.73 Å². The van der Waals surface area contributed by atoms with Gasteiger partial charge in [-0.05, 0) is 52.4 Å². The summed E-state index contributed by atoms with van der Waals surface area (Å²) in [6.07, 6.45) is 11.2. The van der Waals surface area contributed by atoms with Gasteiger partial charge in [-0.3, -0.25) is 0 Å². The largest absolute Gasteiger partial charge is 0.372 e. The molecular formula is C14H25NO. The van der Waals surface area contributed by atoms with Crippen molar-refractivity contribution in [2.24, 2.45) is 5.73 Å². The van der Waals surface area contributed by atoms with Crippen LogP contribution in [-0.2, 0) is 4.74 Å². The summed E-state index contributed by atoms with van der Waals surface area (Å²) in [5.41, 5.74) is 7.67. The zero-order valence-electron chi connectivity index (χ0n) is 10.7. The molecule has 92 valence electrons. The first-order valence-corrected chi connectivity index (χ1v) is 6.68. The van der Waals surface area contributed by atoms with Crippen LogP contribution in [0.15, 0.2) is 11.6 Å². The molecule has 2 unspecified atom stereocenters.